The van der Waals surface area contributed by atoms with Crippen molar-refractivity contribution < 1.29 is 19.4 Å². The molecule has 132 valence electrons. The Morgan fingerprint density at radius 3 is 3.00 bits per heavy atom. The standard InChI is InChI=1S/C17H25N3O4/c1-2-24-15-6-4-3-5-13(15)12-20-9-7-19-17(23)14(20)11-16(22)18-8-10-21/h3-6,14,21H,2,7-12H2,1H3,(H,18,22)(H,19,23)/t14-/m0/s1. The number of nitrogens with zero attached hydrogens (tertiary/aromatic N) is 1. The number of piperazine rings is 1. The molecule has 1 aliphatic rings. The summed E-state index contributed by atoms with van der Waals surface area (Å²) in [7, 11) is 0. The van der Waals surface area contributed by atoms with Gasteiger partial charge < -0.3 is 20.5 Å². The first-order chi connectivity index (χ1) is 11.7. The van der Waals surface area contributed by atoms with Crippen LogP contribution in [0.4, 0.5) is 0 Å². The molecule has 0 aromatic heterocycles. The van der Waals surface area contributed by atoms with E-state index >= 15 is 0 Å². The molecule has 1 saturated heterocycles. The summed E-state index contributed by atoms with van der Waals surface area (Å²) in [5.74, 6) is 0.415. The number of carbonyl (C=O) groups excluding carboxylic acids is 2. The summed E-state index contributed by atoms with van der Waals surface area (Å²) >= 11 is 0. The van der Waals surface area contributed by atoms with E-state index in [1.165, 1.54) is 0 Å². The fraction of sp³-hybridized carbons (Fsp3) is 0.529. The summed E-state index contributed by atoms with van der Waals surface area (Å²) < 4.78 is 5.64. The topological polar surface area (TPSA) is 90.9 Å². The number of aliphatic hydroxyl groups is 1. The molecule has 24 heavy (non-hydrogen) atoms. The van der Waals surface area contributed by atoms with Crippen LogP contribution in [0.1, 0.15) is 18.9 Å². The molecule has 1 aliphatic heterocycles. The summed E-state index contributed by atoms with van der Waals surface area (Å²) in [5.41, 5.74) is 0.995. The van der Waals surface area contributed by atoms with Crippen molar-refractivity contribution in [3.05, 3.63) is 29.8 Å². The Morgan fingerprint density at radius 2 is 2.25 bits per heavy atom. The number of aliphatic hydroxyl groups excluding tert-OH is 1. The molecule has 0 saturated carbocycles. The van der Waals surface area contributed by atoms with Gasteiger partial charge in [0.1, 0.15) is 5.75 Å². The second kappa shape index (κ2) is 9.24. The van der Waals surface area contributed by atoms with Crippen LogP contribution < -0.4 is 15.4 Å². The molecule has 0 unspecified atom stereocenters. The Balaban J connectivity index is 2.08. The van der Waals surface area contributed by atoms with Crippen LogP contribution >= 0.6 is 0 Å². The number of hydrogen-bond acceptors (Lipinski definition) is 5. The van der Waals surface area contributed by atoms with E-state index in [4.69, 9.17) is 9.84 Å². The third-order valence-corrected chi connectivity index (χ3v) is 3.90. The van der Waals surface area contributed by atoms with Gasteiger partial charge in [0.05, 0.1) is 25.7 Å². The zero-order valence-corrected chi connectivity index (χ0v) is 14.0. The van der Waals surface area contributed by atoms with E-state index in [0.717, 1.165) is 11.3 Å². The minimum Gasteiger partial charge on any atom is -0.494 e. The summed E-state index contributed by atoms with van der Waals surface area (Å²) in [6, 6.07) is 7.21. The molecule has 0 bridgehead atoms. The van der Waals surface area contributed by atoms with E-state index in [1.807, 2.05) is 36.1 Å². The highest BCUT2D eigenvalue weighted by atomic mass is 16.5. The number of benzene rings is 1. The number of rotatable bonds is 8. The van der Waals surface area contributed by atoms with Gasteiger partial charge in [-0.15, -0.1) is 0 Å². The van der Waals surface area contributed by atoms with E-state index in [9.17, 15) is 9.59 Å². The lowest BCUT2D eigenvalue weighted by molar-refractivity contribution is -0.134. The largest absolute Gasteiger partial charge is 0.494 e. The maximum absolute atomic E-state index is 12.2. The molecule has 1 aromatic rings. The Morgan fingerprint density at radius 1 is 1.46 bits per heavy atom. The van der Waals surface area contributed by atoms with E-state index in [2.05, 4.69) is 10.6 Å². The van der Waals surface area contributed by atoms with Crippen LogP contribution in [0.5, 0.6) is 5.75 Å². The fourth-order valence-corrected chi connectivity index (χ4v) is 2.77. The SMILES string of the molecule is CCOc1ccccc1CN1CCNC(=O)[C@@H]1CC(=O)NCCO. The summed E-state index contributed by atoms with van der Waals surface area (Å²) in [6.45, 7) is 4.36. The van der Waals surface area contributed by atoms with E-state index in [1.54, 1.807) is 0 Å². The molecule has 1 atom stereocenters. The van der Waals surface area contributed by atoms with Gasteiger partial charge in [0.25, 0.3) is 0 Å². The highest BCUT2D eigenvalue weighted by molar-refractivity contribution is 5.88. The van der Waals surface area contributed by atoms with Crippen LogP contribution in [0, 0.1) is 0 Å². The molecule has 7 heteroatoms. The lowest BCUT2D eigenvalue weighted by Crippen LogP contribution is -2.56. The van der Waals surface area contributed by atoms with Crippen LogP contribution in [0.15, 0.2) is 24.3 Å². The highest BCUT2D eigenvalue weighted by Gasteiger charge is 2.31. The molecule has 0 radical (unpaired) electrons. The third kappa shape index (κ3) is 4.94. The molecule has 1 fully saturated rings. The summed E-state index contributed by atoms with van der Waals surface area (Å²) in [5, 5.41) is 14.2. The number of nitrogens with one attached hydrogen (secondary N) is 2. The Kier molecular flexibility index (Phi) is 7.02. The Labute approximate surface area is 142 Å². The van der Waals surface area contributed by atoms with Gasteiger partial charge in [0, 0.05) is 31.7 Å². The van der Waals surface area contributed by atoms with E-state index < -0.39 is 6.04 Å². The highest BCUT2D eigenvalue weighted by Crippen LogP contribution is 2.22. The van der Waals surface area contributed by atoms with E-state index in [-0.39, 0.29) is 31.4 Å². The number of ether oxygens (including phenoxy) is 1. The van der Waals surface area contributed by atoms with Crippen molar-refractivity contribution in [1.82, 2.24) is 15.5 Å². The van der Waals surface area contributed by atoms with Gasteiger partial charge in [0.15, 0.2) is 0 Å². The van der Waals surface area contributed by atoms with Gasteiger partial charge >= 0.3 is 0 Å². The number of carbonyl (C=O) groups is 2. The van der Waals surface area contributed by atoms with Crippen molar-refractivity contribution >= 4 is 11.8 Å². The van der Waals surface area contributed by atoms with Crippen molar-refractivity contribution in [3.63, 3.8) is 0 Å². The van der Waals surface area contributed by atoms with Crippen LogP contribution in [-0.2, 0) is 16.1 Å². The minimum absolute atomic E-state index is 0.0721. The second-order valence-corrected chi connectivity index (χ2v) is 5.60. The quantitative estimate of drug-likeness (QED) is 0.616. The van der Waals surface area contributed by atoms with Gasteiger partial charge in [-0.2, -0.15) is 0 Å². The summed E-state index contributed by atoms with van der Waals surface area (Å²) in [6.07, 6.45) is 0.0721. The van der Waals surface area contributed by atoms with Crippen LogP contribution in [0.2, 0.25) is 0 Å². The third-order valence-electron chi connectivity index (χ3n) is 3.90. The minimum atomic E-state index is -0.521. The van der Waals surface area contributed by atoms with Crippen molar-refractivity contribution in [3.8, 4) is 5.75 Å². The normalized spacial score (nSPS) is 18.1. The fourth-order valence-electron chi connectivity index (χ4n) is 2.77. The molecule has 7 nitrogen and oxygen atoms in total. The molecule has 3 N–H and O–H groups in total. The zero-order chi connectivity index (χ0) is 17.4. The molecular weight excluding hydrogens is 310 g/mol. The molecule has 2 rings (SSSR count). The Hall–Kier alpha value is -2.12. The molecule has 0 aliphatic carbocycles. The van der Waals surface area contributed by atoms with Crippen molar-refractivity contribution in [2.45, 2.75) is 25.9 Å². The van der Waals surface area contributed by atoms with Gasteiger partial charge in [-0.05, 0) is 13.0 Å². The van der Waals surface area contributed by atoms with Gasteiger partial charge in [0.2, 0.25) is 11.8 Å². The van der Waals surface area contributed by atoms with Gasteiger partial charge in [-0.1, -0.05) is 18.2 Å². The Bertz CT molecular complexity index is 565. The molecule has 1 aromatic carbocycles. The molecule has 1 heterocycles. The zero-order valence-electron chi connectivity index (χ0n) is 14.0. The maximum Gasteiger partial charge on any atom is 0.237 e. The number of amides is 2. The van der Waals surface area contributed by atoms with Gasteiger partial charge in [-0.3, -0.25) is 14.5 Å². The average Bonchev–Trinajstić information content (AvgIpc) is 2.58. The van der Waals surface area contributed by atoms with Crippen LogP contribution in [0.25, 0.3) is 0 Å². The number of para-hydroxylation sites is 1. The molecule has 0 spiro atoms. The predicted octanol–water partition coefficient (Wildman–Crippen LogP) is -0.116. The average molecular weight is 335 g/mol. The second-order valence-electron chi connectivity index (χ2n) is 5.60. The molecule has 2 amide bonds. The monoisotopic (exact) mass is 335 g/mol. The van der Waals surface area contributed by atoms with Crippen LogP contribution in [0.3, 0.4) is 0 Å². The predicted molar refractivity (Wildman–Crippen MR) is 89.5 cm³/mol. The molecular formula is C17H25N3O4. The van der Waals surface area contributed by atoms with E-state index in [0.29, 0.717) is 26.2 Å². The summed E-state index contributed by atoms with van der Waals surface area (Å²) in [4.78, 5) is 26.1. The lowest BCUT2D eigenvalue weighted by Gasteiger charge is -2.35. The first-order valence-corrected chi connectivity index (χ1v) is 8.25. The number of hydrogen-bond donors (Lipinski definition) is 3. The van der Waals surface area contributed by atoms with Gasteiger partial charge in [-0.25, -0.2) is 0 Å². The maximum atomic E-state index is 12.2. The van der Waals surface area contributed by atoms with Crippen molar-refractivity contribution in [2.75, 3.05) is 32.8 Å². The smallest absolute Gasteiger partial charge is 0.237 e. The van der Waals surface area contributed by atoms with Crippen molar-refractivity contribution in [1.29, 1.82) is 0 Å². The van der Waals surface area contributed by atoms with Crippen molar-refractivity contribution in [2.24, 2.45) is 0 Å². The van der Waals surface area contributed by atoms with Crippen LogP contribution in [-0.4, -0.2) is 60.7 Å². The first kappa shape index (κ1) is 18.2. The first-order valence-electron chi connectivity index (χ1n) is 8.25. The lowest BCUT2D eigenvalue weighted by atomic mass is 10.1.